The SMILES string of the molecule is CCn1ccc2occc21. The lowest BCUT2D eigenvalue weighted by Gasteiger charge is -1.93. The standard InChI is InChI=1S/C8H9NO/c1-2-9-5-3-8-7(9)4-6-10-8/h3-6H,2H2,1H3. The summed E-state index contributed by atoms with van der Waals surface area (Å²) < 4.78 is 7.33. The van der Waals surface area contributed by atoms with E-state index >= 15 is 0 Å². The van der Waals surface area contributed by atoms with Crippen LogP contribution in [0.5, 0.6) is 0 Å². The topological polar surface area (TPSA) is 18.1 Å². The van der Waals surface area contributed by atoms with E-state index in [1.54, 1.807) is 6.26 Å². The monoisotopic (exact) mass is 135 g/mol. The molecule has 0 radical (unpaired) electrons. The van der Waals surface area contributed by atoms with Gasteiger partial charge in [0.25, 0.3) is 0 Å². The molecule has 2 heterocycles. The van der Waals surface area contributed by atoms with Gasteiger partial charge >= 0.3 is 0 Å². The van der Waals surface area contributed by atoms with Gasteiger partial charge in [-0.15, -0.1) is 0 Å². The Balaban J connectivity index is 2.76. The number of hydrogen-bond donors (Lipinski definition) is 0. The molecule has 2 nitrogen and oxygen atoms in total. The molecule has 0 saturated heterocycles. The zero-order valence-corrected chi connectivity index (χ0v) is 5.87. The second-order valence-corrected chi connectivity index (χ2v) is 2.27. The minimum absolute atomic E-state index is 0.974. The molecule has 0 fully saturated rings. The van der Waals surface area contributed by atoms with Gasteiger partial charge in [-0.05, 0) is 13.0 Å². The summed E-state index contributed by atoms with van der Waals surface area (Å²) >= 11 is 0. The average molecular weight is 135 g/mol. The summed E-state index contributed by atoms with van der Waals surface area (Å²) in [5, 5.41) is 0. The number of nitrogens with zero attached hydrogens (tertiary/aromatic N) is 1. The fourth-order valence-corrected chi connectivity index (χ4v) is 1.19. The Morgan fingerprint density at radius 1 is 1.50 bits per heavy atom. The summed E-state index contributed by atoms with van der Waals surface area (Å²) in [6, 6.07) is 3.97. The number of aromatic nitrogens is 1. The van der Waals surface area contributed by atoms with Crippen molar-refractivity contribution in [2.45, 2.75) is 13.5 Å². The van der Waals surface area contributed by atoms with Gasteiger partial charge in [0.2, 0.25) is 0 Å². The van der Waals surface area contributed by atoms with Gasteiger partial charge in [0.1, 0.15) is 0 Å². The third kappa shape index (κ3) is 0.588. The highest BCUT2D eigenvalue weighted by Crippen LogP contribution is 2.15. The molecule has 2 heteroatoms. The van der Waals surface area contributed by atoms with Gasteiger partial charge in [0.15, 0.2) is 5.58 Å². The Kier molecular flexibility index (Phi) is 1.07. The first-order valence-electron chi connectivity index (χ1n) is 3.44. The van der Waals surface area contributed by atoms with Crippen molar-refractivity contribution in [2.24, 2.45) is 0 Å². The average Bonchev–Trinajstić information content (AvgIpc) is 2.44. The van der Waals surface area contributed by atoms with E-state index < -0.39 is 0 Å². The first-order chi connectivity index (χ1) is 4.92. The molecule has 0 bridgehead atoms. The van der Waals surface area contributed by atoms with E-state index in [0.717, 1.165) is 12.1 Å². The highest BCUT2D eigenvalue weighted by atomic mass is 16.3. The van der Waals surface area contributed by atoms with Crippen molar-refractivity contribution in [3.05, 3.63) is 24.6 Å². The summed E-state index contributed by atoms with van der Waals surface area (Å²) in [4.78, 5) is 0. The molecule has 0 aliphatic rings. The highest BCUT2D eigenvalue weighted by Gasteiger charge is 1.99. The van der Waals surface area contributed by atoms with Gasteiger partial charge in [-0.3, -0.25) is 0 Å². The first kappa shape index (κ1) is 5.59. The van der Waals surface area contributed by atoms with Gasteiger partial charge in [-0.2, -0.15) is 0 Å². The van der Waals surface area contributed by atoms with E-state index in [0.29, 0.717) is 0 Å². The van der Waals surface area contributed by atoms with Crippen molar-refractivity contribution in [3.63, 3.8) is 0 Å². The maximum atomic E-state index is 5.18. The number of hydrogen-bond acceptors (Lipinski definition) is 1. The van der Waals surface area contributed by atoms with Crippen LogP contribution in [0.15, 0.2) is 29.0 Å². The van der Waals surface area contributed by atoms with Gasteiger partial charge in [-0.25, -0.2) is 0 Å². The van der Waals surface area contributed by atoms with Crippen molar-refractivity contribution in [2.75, 3.05) is 0 Å². The zero-order chi connectivity index (χ0) is 6.97. The van der Waals surface area contributed by atoms with Gasteiger partial charge in [0.05, 0.1) is 11.8 Å². The van der Waals surface area contributed by atoms with E-state index in [2.05, 4.69) is 11.5 Å². The highest BCUT2D eigenvalue weighted by molar-refractivity contribution is 5.73. The Bertz CT molecular complexity index is 332. The minimum atomic E-state index is 0.974. The number of rotatable bonds is 1. The summed E-state index contributed by atoms with van der Waals surface area (Å²) in [6.07, 6.45) is 3.75. The molecule has 0 saturated carbocycles. The van der Waals surface area contributed by atoms with Crippen LogP contribution >= 0.6 is 0 Å². The summed E-state index contributed by atoms with van der Waals surface area (Å²) in [6.45, 7) is 3.12. The lowest BCUT2D eigenvalue weighted by atomic mass is 10.5. The van der Waals surface area contributed by atoms with Crippen LogP contribution in [0, 0.1) is 0 Å². The van der Waals surface area contributed by atoms with E-state index in [1.807, 2.05) is 18.3 Å². The van der Waals surface area contributed by atoms with E-state index in [9.17, 15) is 0 Å². The van der Waals surface area contributed by atoms with E-state index in [-0.39, 0.29) is 0 Å². The van der Waals surface area contributed by atoms with Crippen molar-refractivity contribution in [1.82, 2.24) is 4.57 Å². The van der Waals surface area contributed by atoms with E-state index in [1.165, 1.54) is 5.52 Å². The summed E-state index contributed by atoms with van der Waals surface area (Å²) in [5.74, 6) is 0. The predicted octanol–water partition coefficient (Wildman–Crippen LogP) is 2.25. The van der Waals surface area contributed by atoms with Crippen molar-refractivity contribution >= 4 is 11.1 Å². The van der Waals surface area contributed by atoms with Gasteiger partial charge < -0.3 is 8.98 Å². The lowest BCUT2D eigenvalue weighted by molar-refractivity contribution is 0.616. The van der Waals surface area contributed by atoms with E-state index in [4.69, 9.17) is 4.42 Å². The second-order valence-electron chi connectivity index (χ2n) is 2.27. The fraction of sp³-hybridized carbons (Fsp3) is 0.250. The largest absolute Gasteiger partial charge is 0.463 e. The smallest absolute Gasteiger partial charge is 0.151 e. The Labute approximate surface area is 59.1 Å². The molecule has 0 spiro atoms. The molecular formula is C8H9NO. The molecule has 2 rings (SSSR count). The molecule has 2 aromatic heterocycles. The van der Waals surface area contributed by atoms with Crippen LogP contribution in [0.3, 0.4) is 0 Å². The molecular weight excluding hydrogens is 126 g/mol. The Morgan fingerprint density at radius 3 is 3.20 bits per heavy atom. The van der Waals surface area contributed by atoms with Crippen LogP contribution in [0.2, 0.25) is 0 Å². The molecule has 52 valence electrons. The number of fused-ring (bicyclic) bond motifs is 1. The summed E-state index contributed by atoms with van der Waals surface area (Å²) in [7, 11) is 0. The summed E-state index contributed by atoms with van der Waals surface area (Å²) in [5.41, 5.74) is 2.16. The molecule has 0 atom stereocenters. The van der Waals surface area contributed by atoms with Crippen molar-refractivity contribution in [1.29, 1.82) is 0 Å². The van der Waals surface area contributed by atoms with Crippen LogP contribution in [0.4, 0.5) is 0 Å². The van der Waals surface area contributed by atoms with Crippen LogP contribution in [-0.4, -0.2) is 4.57 Å². The van der Waals surface area contributed by atoms with Crippen LogP contribution in [-0.2, 0) is 6.54 Å². The molecule has 0 aromatic carbocycles. The first-order valence-corrected chi connectivity index (χ1v) is 3.44. The molecule has 0 amide bonds. The maximum absolute atomic E-state index is 5.18. The predicted molar refractivity (Wildman–Crippen MR) is 39.9 cm³/mol. The van der Waals surface area contributed by atoms with Crippen molar-refractivity contribution < 1.29 is 4.42 Å². The third-order valence-electron chi connectivity index (χ3n) is 1.73. The molecule has 0 aliphatic heterocycles. The Hall–Kier alpha value is -1.18. The number of aryl methyl sites for hydroxylation is 1. The van der Waals surface area contributed by atoms with Crippen LogP contribution in [0.25, 0.3) is 11.1 Å². The third-order valence-corrected chi connectivity index (χ3v) is 1.73. The van der Waals surface area contributed by atoms with Gasteiger partial charge in [-0.1, -0.05) is 0 Å². The maximum Gasteiger partial charge on any atom is 0.151 e. The second kappa shape index (κ2) is 1.90. The zero-order valence-electron chi connectivity index (χ0n) is 5.87. The fourth-order valence-electron chi connectivity index (χ4n) is 1.19. The quantitative estimate of drug-likeness (QED) is 0.586. The normalized spacial score (nSPS) is 10.9. The molecule has 0 aliphatic carbocycles. The number of furan rings is 1. The molecule has 10 heavy (non-hydrogen) atoms. The van der Waals surface area contributed by atoms with Crippen molar-refractivity contribution in [3.8, 4) is 0 Å². The van der Waals surface area contributed by atoms with Gasteiger partial charge in [0, 0.05) is 18.8 Å². The van der Waals surface area contributed by atoms with Crippen LogP contribution < -0.4 is 0 Å². The molecule has 2 aromatic rings. The Morgan fingerprint density at radius 2 is 2.40 bits per heavy atom. The van der Waals surface area contributed by atoms with Crippen LogP contribution in [0.1, 0.15) is 6.92 Å². The molecule has 0 unspecified atom stereocenters. The minimum Gasteiger partial charge on any atom is -0.463 e. The molecule has 0 N–H and O–H groups in total. The lowest BCUT2D eigenvalue weighted by Crippen LogP contribution is -1.88.